The maximum Gasteiger partial charge on any atom is 0.124 e. The van der Waals surface area contributed by atoms with Crippen molar-refractivity contribution in [2.75, 3.05) is 12.4 Å². The predicted octanol–water partition coefficient (Wildman–Crippen LogP) is 3.93. The number of benzene rings is 1. The maximum absolute atomic E-state index is 6.25. The number of rotatable bonds is 6. The summed E-state index contributed by atoms with van der Waals surface area (Å²) in [6.07, 6.45) is 1.64. The first-order chi connectivity index (χ1) is 9.70. The highest BCUT2D eigenvalue weighted by Crippen LogP contribution is 2.28. The molecule has 0 radical (unpaired) electrons. The van der Waals surface area contributed by atoms with Crippen molar-refractivity contribution in [2.45, 2.75) is 18.0 Å². The number of aromatic nitrogens is 1. The first-order valence-electron chi connectivity index (χ1n) is 6.42. The SMILES string of the molecule is CCOc1ccccc1C(N)CSc1ccc(Cl)cn1. The average Bonchev–Trinajstić information content (AvgIpc) is 2.47. The van der Waals surface area contributed by atoms with Gasteiger partial charge >= 0.3 is 0 Å². The van der Waals surface area contributed by atoms with Crippen molar-refractivity contribution in [3.8, 4) is 5.75 Å². The minimum Gasteiger partial charge on any atom is -0.494 e. The largest absolute Gasteiger partial charge is 0.494 e. The second-order valence-corrected chi connectivity index (χ2v) is 5.68. The van der Waals surface area contributed by atoms with Crippen molar-refractivity contribution in [3.05, 3.63) is 53.2 Å². The van der Waals surface area contributed by atoms with Crippen molar-refractivity contribution in [1.82, 2.24) is 4.98 Å². The van der Waals surface area contributed by atoms with E-state index >= 15 is 0 Å². The molecular weight excluding hydrogens is 292 g/mol. The summed E-state index contributed by atoms with van der Waals surface area (Å²) in [6, 6.07) is 11.5. The van der Waals surface area contributed by atoms with E-state index in [0.29, 0.717) is 11.6 Å². The molecule has 0 fully saturated rings. The molecule has 0 aliphatic heterocycles. The van der Waals surface area contributed by atoms with E-state index in [-0.39, 0.29) is 6.04 Å². The molecule has 1 atom stereocenters. The molecule has 0 saturated heterocycles. The van der Waals surface area contributed by atoms with E-state index in [2.05, 4.69) is 4.98 Å². The highest BCUT2D eigenvalue weighted by molar-refractivity contribution is 7.99. The minimum atomic E-state index is -0.0970. The van der Waals surface area contributed by atoms with E-state index in [9.17, 15) is 0 Å². The quantitative estimate of drug-likeness (QED) is 0.822. The van der Waals surface area contributed by atoms with Crippen LogP contribution in [0, 0.1) is 0 Å². The molecule has 1 aromatic carbocycles. The molecule has 3 nitrogen and oxygen atoms in total. The molecule has 2 aromatic rings. The Labute approximate surface area is 128 Å². The highest BCUT2D eigenvalue weighted by atomic mass is 35.5. The van der Waals surface area contributed by atoms with Gasteiger partial charge in [0.1, 0.15) is 5.75 Å². The van der Waals surface area contributed by atoms with E-state index in [4.69, 9.17) is 22.1 Å². The van der Waals surface area contributed by atoms with Gasteiger partial charge in [-0.1, -0.05) is 29.8 Å². The van der Waals surface area contributed by atoms with E-state index in [1.54, 1.807) is 18.0 Å². The van der Waals surface area contributed by atoms with Crippen LogP contribution >= 0.6 is 23.4 Å². The summed E-state index contributed by atoms with van der Waals surface area (Å²) in [5.74, 6) is 1.59. The number of halogens is 1. The summed E-state index contributed by atoms with van der Waals surface area (Å²) in [5, 5.41) is 1.55. The monoisotopic (exact) mass is 308 g/mol. The standard InChI is InChI=1S/C15H17ClN2OS/c1-2-19-14-6-4-3-5-12(14)13(17)10-20-15-8-7-11(16)9-18-15/h3-9,13H,2,10,17H2,1H3. The Morgan fingerprint density at radius 1 is 1.30 bits per heavy atom. The number of nitrogens with zero attached hydrogens (tertiary/aromatic N) is 1. The third kappa shape index (κ3) is 4.13. The van der Waals surface area contributed by atoms with Crippen molar-refractivity contribution in [3.63, 3.8) is 0 Å². The summed E-state index contributed by atoms with van der Waals surface area (Å²) in [7, 11) is 0. The Kier molecular flexibility index (Phi) is 5.71. The van der Waals surface area contributed by atoms with Crippen LogP contribution in [0.3, 0.4) is 0 Å². The van der Waals surface area contributed by atoms with Crippen LogP contribution in [0.15, 0.2) is 47.6 Å². The van der Waals surface area contributed by atoms with Crippen LogP contribution < -0.4 is 10.5 Å². The van der Waals surface area contributed by atoms with Gasteiger partial charge in [0.05, 0.1) is 16.7 Å². The van der Waals surface area contributed by atoms with Gasteiger partial charge in [-0.2, -0.15) is 0 Å². The van der Waals surface area contributed by atoms with Crippen molar-refractivity contribution >= 4 is 23.4 Å². The van der Waals surface area contributed by atoms with Crippen molar-refractivity contribution < 1.29 is 4.74 Å². The zero-order chi connectivity index (χ0) is 14.4. The molecule has 0 aliphatic rings. The fourth-order valence-corrected chi connectivity index (χ4v) is 2.72. The molecule has 0 bridgehead atoms. The van der Waals surface area contributed by atoms with Crippen LogP contribution in [0.2, 0.25) is 5.02 Å². The summed E-state index contributed by atoms with van der Waals surface area (Å²) < 4.78 is 5.60. The maximum atomic E-state index is 6.25. The van der Waals surface area contributed by atoms with Crippen LogP contribution in [0.1, 0.15) is 18.5 Å². The van der Waals surface area contributed by atoms with Crippen LogP contribution in [-0.2, 0) is 0 Å². The molecule has 5 heteroatoms. The number of thioether (sulfide) groups is 1. The molecule has 1 unspecified atom stereocenters. The fourth-order valence-electron chi connectivity index (χ4n) is 1.79. The zero-order valence-electron chi connectivity index (χ0n) is 11.3. The second-order valence-electron chi connectivity index (χ2n) is 4.20. The predicted molar refractivity (Wildman–Crippen MR) is 84.5 cm³/mol. The summed E-state index contributed by atoms with van der Waals surface area (Å²) in [4.78, 5) is 4.25. The Hall–Kier alpha value is -1.23. The summed E-state index contributed by atoms with van der Waals surface area (Å²) in [6.45, 7) is 2.60. The van der Waals surface area contributed by atoms with Crippen LogP contribution in [0.25, 0.3) is 0 Å². The van der Waals surface area contributed by atoms with Gasteiger partial charge in [0.25, 0.3) is 0 Å². The number of hydrogen-bond acceptors (Lipinski definition) is 4. The molecule has 0 spiro atoms. The molecule has 1 heterocycles. The van der Waals surface area contributed by atoms with Gasteiger partial charge < -0.3 is 10.5 Å². The highest BCUT2D eigenvalue weighted by Gasteiger charge is 2.12. The number of para-hydroxylation sites is 1. The molecule has 2 N–H and O–H groups in total. The van der Waals surface area contributed by atoms with Crippen LogP contribution in [0.5, 0.6) is 5.75 Å². The van der Waals surface area contributed by atoms with E-state index < -0.39 is 0 Å². The minimum absolute atomic E-state index is 0.0970. The molecule has 1 aromatic heterocycles. The number of pyridine rings is 1. The van der Waals surface area contributed by atoms with Gasteiger partial charge in [0.15, 0.2) is 0 Å². The van der Waals surface area contributed by atoms with Gasteiger partial charge in [-0.3, -0.25) is 0 Å². The van der Waals surface area contributed by atoms with Crippen molar-refractivity contribution in [1.29, 1.82) is 0 Å². The Morgan fingerprint density at radius 3 is 2.80 bits per heavy atom. The lowest BCUT2D eigenvalue weighted by Gasteiger charge is -2.16. The molecule has 20 heavy (non-hydrogen) atoms. The Morgan fingerprint density at radius 2 is 2.10 bits per heavy atom. The first-order valence-corrected chi connectivity index (χ1v) is 7.78. The second kappa shape index (κ2) is 7.53. The summed E-state index contributed by atoms with van der Waals surface area (Å²) in [5.41, 5.74) is 7.27. The molecular formula is C15H17ClN2OS. The lowest BCUT2D eigenvalue weighted by molar-refractivity contribution is 0.335. The fraction of sp³-hybridized carbons (Fsp3) is 0.267. The zero-order valence-corrected chi connectivity index (χ0v) is 12.8. The van der Waals surface area contributed by atoms with Gasteiger partial charge in [0.2, 0.25) is 0 Å². The lowest BCUT2D eigenvalue weighted by atomic mass is 10.1. The van der Waals surface area contributed by atoms with E-state index in [1.165, 1.54) is 0 Å². The normalized spacial score (nSPS) is 12.2. The number of hydrogen-bond donors (Lipinski definition) is 1. The van der Waals surface area contributed by atoms with Crippen LogP contribution in [-0.4, -0.2) is 17.3 Å². The summed E-state index contributed by atoms with van der Waals surface area (Å²) >= 11 is 7.42. The van der Waals surface area contributed by atoms with Crippen LogP contribution in [0.4, 0.5) is 0 Å². The van der Waals surface area contributed by atoms with Gasteiger partial charge in [-0.15, -0.1) is 11.8 Å². The van der Waals surface area contributed by atoms with Crippen molar-refractivity contribution in [2.24, 2.45) is 5.73 Å². The molecule has 0 amide bonds. The van der Waals surface area contributed by atoms with Gasteiger partial charge in [-0.25, -0.2) is 4.98 Å². The average molecular weight is 309 g/mol. The number of ether oxygens (including phenoxy) is 1. The van der Waals surface area contributed by atoms with E-state index in [1.807, 2.05) is 43.3 Å². The lowest BCUT2D eigenvalue weighted by Crippen LogP contribution is -2.14. The molecule has 0 saturated carbocycles. The molecule has 106 valence electrons. The molecule has 0 aliphatic carbocycles. The third-order valence-electron chi connectivity index (χ3n) is 2.73. The van der Waals surface area contributed by atoms with E-state index in [0.717, 1.165) is 22.1 Å². The molecule has 2 rings (SSSR count). The van der Waals surface area contributed by atoms with Gasteiger partial charge in [-0.05, 0) is 25.1 Å². The topological polar surface area (TPSA) is 48.1 Å². The smallest absolute Gasteiger partial charge is 0.124 e. The third-order valence-corrected chi connectivity index (χ3v) is 4.02. The Bertz CT molecular complexity index is 548. The van der Waals surface area contributed by atoms with Gasteiger partial charge in [0, 0.05) is 23.6 Å². The number of nitrogens with two attached hydrogens (primary N) is 1. The first kappa shape index (κ1) is 15.2. The Balaban J connectivity index is 2.01.